The number of hydrogen-bond acceptors (Lipinski definition) is 8. The Balaban J connectivity index is 1.29. The first-order chi connectivity index (χ1) is 17.9. The molecule has 190 valence electrons. The third-order valence-corrected chi connectivity index (χ3v) is 7.94. The van der Waals surface area contributed by atoms with Crippen LogP contribution in [0.2, 0.25) is 0 Å². The molecule has 0 spiro atoms. The Morgan fingerprint density at radius 1 is 1.16 bits per heavy atom. The van der Waals surface area contributed by atoms with Gasteiger partial charge in [-0.15, -0.1) is 0 Å². The van der Waals surface area contributed by atoms with Crippen LogP contribution in [0, 0.1) is 0 Å². The van der Waals surface area contributed by atoms with Gasteiger partial charge in [0, 0.05) is 65.9 Å². The minimum absolute atomic E-state index is 0.119. The number of nitrogen functional groups attached to an aromatic ring is 1. The zero-order valence-electron chi connectivity index (χ0n) is 20.7. The van der Waals surface area contributed by atoms with E-state index >= 15 is 0 Å². The van der Waals surface area contributed by atoms with E-state index in [0.29, 0.717) is 47.0 Å². The Bertz CT molecular complexity index is 1490. The van der Waals surface area contributed by atoms with Crippen LogP contribution in [0.25, 0.3) is 16.8 Å². The second-order valence-electron chi connectivity index (χ2n) is 10.0. The van der Waals surface area contributed by atoms with Crippen LogP contribution in [0.1, 0.15) is 73.4 Å². The molecule has 2 aliphatic rings. The number of amides is 2. The molecule has 0 aliphatic carbocycles. The van der Waals surface area contributed by atoms with E-state index in [2.05, 4.69) is 19.7 Å². The van der Waals surface area contributed by atoms with E-state index in [1.807, 2.05) is 41.5 Å². The average Bonchev–Trinajstić information content (AvgIpc) is 3.62. The first kappa shape index (κ1) is 23.5. The molecule has 2 saturated heterocycles. The number of rotatable bonds is 5. The molecule has 6 rings (SSSR count). The lowest BCUT2D eigenvalue weighted by molar-refractivity contribution is -0.130. The monoisotopic (exact) mass is 516 g/mol. The normalized spacial score (nSPS) is 19.5. The summed E-state index contributed by atoms with van der Waals surface area (Å²) in [6.07, 6.45) is 7.10. The molecule has 2 atom stereocenters. The number of benzene rings is 1. The van der Waals surface area contributed by atoms with Crippen molar-refractivity contribution in [2.75, 3.05) is 17.6 Å². The molecule has 1 aromatic carbocycles. The number of carbonyl (C=O) groups is 2. The Morgan fingerprint density at radius 2 is 1.97 bits per heavy atom. The molecule has 2 aliphatic heterocycles. The Morgan fingerprint density at radius 3 is 2.73 bits per heavy atom. The van der Waals surface area contributed by atoms with Gasteiger partial charge < -0.3 is 10.6 Å². The smallest absolute Gasteiger partial charge is 0.257 e. The van der Waals surface area contributed by atoms with Crippen molar-refractivity contribution < 1.29 is 9.59 Å². The molecular formula is C26H28N8O2S. The van der Waals surface area contributed by atoms with Crippen molar-refractivity contribution in [3.8, 4) is 11.3 Å². The number of anilines is 2. The largest absolute Gasteiger partial charge is 0.382 e. The minimum atomic E-state index is -0.249. The highest BCUT2D eigenvalue weighted by Crippen LogP contribution is 2.38. The summed E-state index contributed by atoms with van der Waals surface area (Å²) >= 11 is 1.17. The predicted molar refractivity (Wildman–Crippen MR) is 141 cm³/mol. The van der Waals surface area contributed by atoms with Crippen molar-refractivity contribution in [2.24, 2.45) is 0 Å². The van der Waals surface area contributed by atoms with Crippen molar-refractivity contribution in [3.63, 3.8) is 0 Å². The van der Waals surface area contributed by atoms with Crippen LogP contribution < -0.4 is 11.1 Å². The van der Waals surface area contributed by atoms with Crippen LogP contribution in [0.5, 0.6) is 0 Å². The summed E-state index contributed by atoms with van der Waals surface area (Å²) in [7, 11) is 0. The van der Waals surface area contributed by atoms with E-state index in [-0.39, 0.29) is 23.7 Å². The third kappa shape index (κ3) is 4.22. The van der Waals surface area contributed by atoms with Gasteiger partial charge in [-0.05, 0) is 31.4 Å². The van der Waals surface area contributed by atoms with E-state index < -0.39 is 0 Å². The van der Waals surface area contributed by atoms with Gasteiger partial charge in [0.05, 0.1) is 0 Å². The highest BCUT2D eigenvalue weighted by atomic mass is 32.1. The van der Waals surface area contributed by atoms with Gasteiger partial charge in [0.2, 0.25) is 11.0 Å². The van der Waals surface area contributed by atoms with Gasteiger partial charge in [-0.25, -0.2) is 15.0 Å². The molecule has 11 heteroatoms. The molecule has 5 heterocycles. The summed E-state index contributed by atoms with van der Waals surface area (Å²) in [5, 5.41) is 3.30. The Hall–Kier alpha value is -3.86. The third-order valence-electron chi connectivity index (χ3n) is 7.29. The molecule has 0 unspecified atom stereocenters. The van der Waals surface area contributed by atoms with Gasteiger partial charge in [0.1, 0.15) is 28.7 Å². The standard InChI is InChI=1S/C26H28N8O2S/c1-14(2)23-30-26(37-32-23)31-25(36)16-5-3-15(4-6-16)20-21-22(27)28-11-12-33(21)24(29-20)17-7-8-18-9-10-19(35)34(18)13-17/h3-6,11-12,14,17-18H,7-10,13H2,1-2H3,(H2,27,28)(H,30,31,32,36)/t17-,18+/m1/s1. The topological polar surface area (TPSA) is 131 Å². The molecule has 3 N–H and O–H groups in total. The maximum absolute atomic E-state index is 12.8. The summed E-state index contributed by atoms with van der Waals surface area (Å²) in [5.41, 5.74) is 9.11. The fourth-order valence-electron chi connectivity index (χ4n) is 5.32. The second-order valence-corrected chi connectivity index (χ2v) is 10.8. The predicted octanol–water partition coefficient (Wildman–Crippen LogP) is 4.07. The van der Waals surface area contributed by atoms with E-state index in [4.69, 9.17) is 10.7 Å². The summed E-state index contributed by atoms with van der Waals surface area (Å²) in [5.74, 6) is 2.29. The maximum atomic E-state index is 12.8. The highest BCUT2D eigenvalue weighted by molar-refractivity contribution is 7.09. The average molecular weight is 517 g/mol. The quantitative estimate of drug-likeness (QED) is 0.409. The van der Waals surface area contributed by atoms with Crippen LogP contribution in [0.15, 0.2) is 36.7 Å². The number of aromatic nitrogens is 5. The fourth-order valence-corrected chi connectivity index (χ4v) is 6.03. The molecular weight excluding hydrogens is 488 g/mol. The molecule has 4 aromatic rings. The number of hydrogen-bond donors (Lipinski definition) is 2. The molecule has 2 amide bonds. The van der Waals surface area contributed by atoms with E-state index in [1.165, 1.54) is 11.5 Å². The van der Waals surface area contributed by atoms with Crippen molar-refractivity contribution in [1.29, 1.82) is 0 Å². The SMILES string of the molecule is CC(C)c1nsc(NC(=O)c2ccc(-c3nc([C@@H]4CC[C@H]5CCC(=O)N5C4)n4ccnc(N)c34)cc2)n1. The van der Waals surface area contributed by atoms with E-state index in [0.717, 1.165) is 36.2 Å². The molecule has 0 bridgehead atoms. The van der Waals surface area contributed by atoms with Gasteiger partial charge in [0.15, 0.2) is 0 Å². The van der Waals surface area contributed by atoms with Crippen molar-refractivity contribution >= 4 is 39.8 Å². The lowest BCUT2D eigenvalue weighted by Crippen LogP contribution is -2.41. The molecule has 37 heavy (non-hydrogen) atoms. The van der Waals surface area contributed by atoms with E-state index in [1.54, 1.807) is 18.3 Å². The highest BCUT2D eigenvalue weighted by Gasteiger charge is 2.38. The van der Waals surface area contributed by atoms with Gasteiger partial charge in [0.25, 0.3) is 5.91 Å². The number of nitrogens with two attached hydrogens (primary N) is 1. The zero-order valence-corrected chi connectivity index (χ0v) is 21.5. The molecule has 3 aromatic heterocycles. The van der Waals surface area contributed by atoms with Crippen LogP contribution in [-0.2, 0) is 4.79 Å². The Labute approximate surface area is 218 Å². The van der Waals surface area contributed by atoms with E-state index in [9.17, 15) is 9.59 Å². The molecule has 10 nitrogen and oxygen atoms in total. The molecule has 0 radical (unpaired) electrons. The number of imidazole rings is 1. The van der Waals surface area contributed by atoms with Crippen LogP contribution in [0.4, 0.5) is 10.9 Å². The second kappa shape index (κ2) is 9.22. The number of nitrogens with one attached hydrogen (secondary N) is 1. The van der Waals surface area contributed by atoms with Crippen LogP contribution >= 0.6 is 11.5 Å². The number of carbonyl (C=O) groups excluding carboxylic acids is 2. The van der Waals surface area contributed by atoms with Crippen molar-refractivity contribution in [3.05, 3.63) is 53.9 Å². The Kier molecular flexibility index (Phi) is 5.86. The zero-order chi connectivity index (χ0) is 25.7. The number of fused-ring (bicyclic) bond motifs is 2. The summed E-state index contributed by atoms with van der Waals surface area (Å²) in [4.78, 5) is 40.9. The first-order valence-corrected chi connectivity index (χ1v) is 13.3. The van der Waals surface area contributed by atoms with Crippen molar-refractivity contribution in [1.82, 2.24) is 28.6 Å². The fraction of sp³-hybridized carbons (Fsp3) is 0.385. The summed E-state index contributed by atoms with van der Waals surface area (Å²) in [6.45, 7) is 4.70. The molecule has 0 saturated carbocycles. The first-order valence-electron chi connectivity index (χ1n) is 12.6. The van der Waals surface area contributed by atoms with Gasteiger partial charge in [-0.1, -0.05) is 26.0 Å². The summed E-state index contributed by atoms with van der Waals surface area (Å²) < 4.78 is 6.29. The number of piperidine rings is 1. The molecule has 2 fully saturated rings. The van der Waals surface area contributed by atoms with Gasteiger partial charge >= 0.3 is 0 Å². The van der Waals surface area contributed by atoms with Crippen LogP contribution in [0.3, 0.4) is 0 Å². The van der Waals surface area contributed by atoms with Gasteiger partial charge in [-0.2, -0.15) is 4.37 Å². The number of nitrogens with zero attached hydrogens (tertiary/aromatic N) is 6. The van der Waals surface area contributed by atoms with Crippen LogP contribution in [-0.4, -0.2) is 53.0 Å². The lowest BCUT2D eigenvalue weighted by Gasteiger charge is -2.34. The summed E-state index contributed by atoms with van der Waals surface area (Å²) in [6, 6.07) is 7.63. The van der Waals surface area contributed by atoms with Gasteiger partial charge in [-0.3, -0.25) is 19.3 Å². The lowest BCUT2D eigenvalue weighted by atomic mass is 9.92. The minimum Gasteiger partial charge on any atom is -0.382 e. The maximum Gasteiger partial charge on any atom is 0.257 e. The van der Waals surface area contributed by atoms with Crippen molar-refractivity contribution in [2.45, 2.75) is 57.4 Å².